The summed E-state index contributed by atoms with van der Waals surface area (Å²) < 4.78 is 0. The standard InChI is InChI=1S/C8H8N4S/c1-5-10-8(9)7(12-11-5)6-3-2-4-13-6/h2-4H,1H3,(H2,9,10,11). The van der Waals surface area contributed by atoms with E-state index in [4.69, 9.17) is 5.73 Å². The van der Waals surface area contributed by atoms with Crippen LogP contribution in [0.15, 0.2) is 17.5 Å². The maximum atomic E-state index is 5.71. The minimum atomic E-state index is 0.440. The third-order valence-corrected chi connectivity index (χ3v) is 2.45. The molecule has 0 spiro atoms. The summed E-state index contributed by atoms with van der Waals surface area (Å²) >= 11 is 1.57. The van der Waals surface area contributed by atoms with Crippen molar-refractivity contribution in [3.63, 3.8) is 0 Å². The van der Waals surface area contributed by atoms with E-state index in [0.29, 0.717) is 17.3 Å². The monoisotopic (exact) mass is 192 g/mol. The van der Waals surface area contributed by atoms with Gasteiger partial charge < -0.3 is 5.73 Å². The van der Waals surface area contributed by atoms with E-state index in [0.717, 1.165) is 4.88 Å². The second-order valence-electron chi connectivity index (χ2n) is 2.57. The van der Waals surface area contributed by atoms with Gasteiger partial charge in [0, 0.05) is 0 Å². The number of nitrogen functional groups attached to an aromatic ring is 1. The first kappa shape index (κ1) is 8.12. The molecule has 0 amide bonds. The topological polar surface area (TPSA) is 64.7 Å². The fourth-order valence-corrected chi connectivity index (χ4v) is 1.73. The molecule has 0 aliphatic heterocycles. The van der Waals surface area contributed by atoms with Gasteiger partial charge >= 0.3 is 0 Å². The Labute approximate surface area is 79.5 Å². The van der Waals surface area contributed by atoms with Crippen LogP contribution in [0.3, 0.4) is 0 Å². The van der Waals surface area contributed by atoms with Gasteiger partial charge in [-0.05, 0) is 18.4 Å². The second kappa shape index (κ2) is 3.10. The average molecular weight is 192 g/mol. The molecular formula is C8H8N4S. The summed E-state index contributed by atoms with van der Waals surface area (Å²) in [5.41, 5.74) is 6.37. The molecule has 0 saturated carbocycles. The van der Waals surface area contributed by atoms with Crippen LogP contribution in [-0.2, 0) is 0 Å². The van der Waals surface area contributed by atoms with Crippen molar-refractivity contribution in [1.29, 1.82) is 0 Å². The highest BCUT2D eigenvalue weighted by Gasteiger charge is 2.06. The van der Waals surface area contributed by atoms with E-state index in [9.17, 15) is 0 Å². The number of nitrogens with zero attached hydrogens (tertiary/aromatic N) is 3. The van der Waals surface area contributed by atoms with E-state index < -0.39 is 0 Å². The smallest absolute Gasteiger partial charge is 0.154 e. The zero-order chi connectivity index (χ0) is 9.26. The third kappa shape index (κ3) is 1.50. The minimum absolute atomic E-state index is 0.440. The minimum Gasteiger partial charge on any atom is -0.382 e. The van der Waals surface area contributed by atoms with Gasteiger partial charge in [-0.1, -0.05) is 6.07 Å². The number of anilines is 1. The molecule has 0 aliphatic carbocycles. The normalized spacial score (nSPS) is 10.2. The molecule has 0 saturated heterocycles. The van der Waals surface area contributed by atoms with Crippen LogP contribution in [0.25, 0.3) is 10.6 Å². The molecule has 2 N–H and O–H groups in total. The molecule has 2 aromatic heterocycles. The SMILES string of the molecule is Cc1nnc(-c2cccs2)c(N)n1. The highest BCUT2D eigenvalue weighted by Crippen LogP contribution is 2.25. The molecule has 0 aromatic carbocycles. The van der Waals surface area contributed by atoms with Crippen molar-refractivity contribution < 1.29 is 0 Å². The summed E-state index contributed by atoms with van der Waals surface area (Å²) in [4.78, 5) is 5.04. The largest absolute Gasteiger partial charge is 0.382 e. The van der Waals surface area contributed by atoms with Crippen LogP contribution in [0, 0.1) is 6.92 Å². The van der Waals surface area contributed by atoms with E-state index in [2.05, 4.69) is 15.2 Å². The van der Waals surface area contributed by atoms with Gasteiger partial charge in [0.1, 0.15) is 11.5 Å². The summed E-state index contributed by atoms with van der Waals surface area (Å²) in [7, 11) is 0. The zero-order valence-corrected chi connectivity index (χ0v) is 7.88. The van der Waals surface area contributed by atoms with Crippen LogP contribution in [0.2, 0.25) is 0 Å². The molecular weight excluding hydrogens is 184 g/mol. The molecule has 66 valence electrons. The van der Waals surface area contributed by atoms with Crippen molar-refractivity contribution in [3.8, 4) is 10.6 Å². The van der Waals surface area contributed by atoms with Crippen LogP contribution in [0.5, 0.6) is 0 Å². The first-order valence-corrected chi connectivity index (χ1v) is 4.66. The number of thiophene rings is 1. The number of rotatable bonds is 1. The maximum absolute atomic E-state index is 5.71. The molecule has 2 aromatic rings. The molecule has 0 radical (unpaired) electrons. The van der Waals surface area contributed by atoms with Crippen LogP contribution in [0.4, 0.5) is 5.82 Å². The lowest BCUT2D eigenvalue weighted by molar-refractivity contribution is 0.922. The first-order chi connectivity index (χ1) is 6.27. The molecule has 0 fully saturated rings. The van der Waals surface area contributed by atoms with Gasteiger partial charge in [0.15, 0.2) is 5.82 Å². The van der Waals surface area contributed by atoms with Crippen molar-refractivity contribution in [1.82, 2.24) is 15.2 Å². The molecule has 0 atom stereocenters. The second-order valence-corrected chi connectivity index (χ2v) is 3.52. The Morgan fingerprint density at radius 2 is 2.23 bits per heavy atom. The van der Waals surface area contributed by atoms with Crippen LogP contribution < -0.4 is 5.73 Å². The Balaban J connectivity index is 2.53. The van der Waals surface area contributed by atoms with Crippen molar-refractivity contribution >= 4 is 17.2 Å². The van der Waals surface area contributed by atoms with Crippen molar-refractivity contribution in [2.24, 2.45) is 0 Å². The average Bonchev–Trinajstić information content (AvgIpc) is 2.56. The van der Waals surface area contributed by atoms with Crippen LogP contribution >= 0.6 is 11.3 Å². The molecule has 2 rings (SSSR count). The summed E-state index contributed by atoms with van der Waals surface area (Å²) in [6.07, 6.45) is 0. The lowest BCUT2D eigenvalue weighted by Gasteiger charge is -1.99. The summed E-state index contributed by atoms with van der Waals surface area (Å²) in [5, 5.41) is 9.82. The van der Waals surface area contributed by atoms with Gasteiger partial charge in [0.2, 0.25) is 0 Å². The van der Waals surface area contributed by atoms with Gasteiger partial charge in [0.25, 0.3) is 0 Å². The number of hydrogen-bond acceptors (Lipinski definition) is 5. The summed E-state index contributed by atoms with van der Waals surface area (Å²) in [5.74, 6) is 1.03. The first-order valence-electron chi connectivity index (χ1n) is 3.78. The molecule has 0 aliphatic rings. The van der Waals surface area contributed by atoms with Gasteiger partial charge in [0.05, 0.1) is 4.88 Å². The molecule has 5 heteroatoms. The van der Waals surface area contributed by atoms with E-state index in [-0.39, 0.29) is 0 Å². The predicted molar refractivity (Wildman–Crippen MR) is 52.3 cm³/mol. The van der Waals surface area contributed by atoms with Gasteiger partial charge in [-0.15, -0.1) is 21.5 Å². The molecule has 0 bridgehead atoms. The van der Waals surface area contributed by atoms with Crippen molar-refractivity contribution in [3.05, 3.63) is 23.3 Å². The predicted octanol–water partition coefficient (Wildman–Crippen LogP) is 1.49. The fraction of sp³-hybridized carbons (Fsp3) is 0.125. The van der Waals surface area contributed by atoms with Gasteiger partial charge in [-0.2, -0.15) is 0 Å². The van der Waals surface area contributed by atoms with Crippen LogP contribution in [0.1, 0.15) is 5.82 Å². The number of aryl methyl sites for hydroxylation is 1. The van der Waals surface area contributed by atoms with E-state index in [1.807, 2.05) is 17.5 Å². The zero-order valence-electron chi connectivity index (χ0n) is 7.06. The molecule has 13 heavy (non-hydrogen) atoms. The third-order valence-electron chi connectivity index (χ3n) is 1.57. The number of hydrogen-bond donors (Lipinski definition) is 1. The molecule has 4 nitrogen and oxygen atoms in total. The van der Waals surface area contributed by atoms with Crippen LogP contribution in [-0.4, -0.2) is 15.2 Å². The maximum Gasteiger partial charge on any atom is 0.154 e. The highest BCUT2D eigenvalue weighted by molar-refractivity contribution is 7.13. The Kier molecular flexibility index (Phi) is 1.94. The Morgan fingerprint density at radius 3 is 2.85 bits per heavy atom. The lowest BCUT2D eigenvalue weighted by Crippen LogP contribution is -2.01. The van der Waals surface area contributed by atoms with Crippen molar-refractivity contribution in [2.45, 2.75) is 6.92 Å². The molecule has 2 heterocycles. The van der Waals surface area contributed by atoms with E-state index in [1.54, 1.807) is 18.3 Å². The van der Waals surface area contributed by atoms with Crippen molar-refractivity contribution in [2.75, 3.05) is 5.73 Å². The Hall–Kier alpha value is -1.49. The lowest BCUT2D eigenvalue weighted by atomic mass is 10.3. The quantitative estimate of drug-likeness (QED) is 0.743. The highest BCUT2D eigenvalue weighted by atomic mass is 32.1. The van der Waals surface area contributed by atoms with E-state index in [1.165, 1.54) is 0 Å². The van der Waals surface area contributed by atoms with Gasteiger partial charge in [-0.25, -0.2) is 4.98 Å². The van der Waals surface area contributed by atoms with Gasteiger partial charge in [-0.3, -0.25) is 0 Å². The number of aromatic nitrogens is 3. The summed E-state index contributed by atoms with van der Waals surface area (Å²) in [6, 6.07) is 3.89. The Morgan fingerprint density at radius 1 is 1.38 bits per heavy atom. The number of nitrogens with two attached hydrogens (primary N) is 1. The summed E-state index contributed by atoms with van der Waals surface area (Å²) in [6.45, 7) is 1.77. The Bertz CT molecular complexity index is 410. The molecule has 0 unspecified atom stereocenters. The fourth-order valence-electron chi connectivity index (χ4n) is 1.01. The van der Waals surface area contributed by atoms with E-state index >= 15 is 0 Å².